The topological polar surface area (TPSA) is 58.6 Å². The number of carbonyl (C=O) groups is 2. The van der Waals surface area contributed by atoms with Crippen LogP contribution in [0.1, 0.15) is 31.2 Å². The van der Waals surface area contributed by atoms with Gasteiger partial charge in [-0.15, -0.1) is 0 Å². The number of esters is 1. The van der Waals surface area contributed by atoms with Gasteiger partial charge < -0.3 is 15.0 Å². The van der Waals surface area contributed by atoms with E-state index in [2.05, 4.69) is 34.5 Å². The minimum Gasteiger partial charge on any atom is -0.469 e. The molecular formula is C20H26N2O3. The summed E-state index contributed by atoms with van der Waals surface area (Å²) in [6.07, 6.45) is 7.49. The second-order valence-corrected chi connectivity index (χ2v) is 6.85. The predicted octanol–water partition coefficient (Wildman–Crippen LogP) is 2.66. The zero-order chi connectivity index (χ0) is 17.6. The summed E-state index contributed by atoms with van der Waals surface area (Å²) in [4.78, 5) is 26.5. The molecule has 134 valence electrons. The fourth-order valence-electron chi connectivity index (χ4n) is 3.69. The number of hydrogen-bond acceptors (Lipinski definition) is 4. The Hall–Kier alpha value is -2.30. The molecule has 0 radical (unpaired) electrons. The third kappa shape index (κ3) is 4.41. The number of amides is 1. The molecule has 2 unspecified atom stereocenters. The molecule has 1 fully saturated rings. The molecule has 3 rings (SSSR count). The van der Waals surface area contributed by atoms with Crippen LogP contribution in [0.4, 0.5) is 5.69 Å². The van der Waals surface area contributed by atoms with Crippen molar-refractivity contribution in [2.75, 3.05) is 25.1 Å². The maximum atomic E-state index is 12.5. The molecule has 0 aromatic heterocycles. The highest BCUT2D eigenvalue weighted by Crippen LogP contribution is 2.30. The molecule has 0 saturated heterocycles. The quantitative estimate of drug-likeness (QED) is 0.660. The highest BCUT2D eigenvalue weighted by molar-refractivity contribution is 5.80. The second-order valence-electron chi connectivity index (χ2n) is 6.85. The maximum Gasteiger partial charge on any atom is 0.308 e. The molecule has 5 nitrogen and oxygen atoms in total. The van der Waals surface area contributed by atoms with Crippen LogP contribution in [0, 0.1) is 11.8 Å². The number of ether oxygens (including phenoxy) is 1. The van der Waals surface area contributed by atoms with Crippen LogP contribution >= 0.6 is 0 Å². The first-order valence-corrected chi connectivity index (χ1v) is 9.02. The lowest BCUT2D eigenvalue weighted by atomic mass is 9.81. The lowest BCUT2D eigenvalue weighted by molar-refractivity contribution is -0.147. The Labute approximate surface area is 149 Å². The van der Waals surface area contributed by atoms with Crippen molar-refractivity contribution in [2.24, 2.45) is 11.8 Å². The van der Waals surface area contributed by atoms with E-state index in [1.54, 1.807) is 0 Å². The van der Waals surface area contributed by atoms with E-state index in [0.29, 0.717) is 13.0 Å². The van der Waals surface area contributed by atoms with Crippen molar-refractivity contribution in [1.29, 1.82) is 0 Å². The molecule has 0 bridgehead atoms. The number of anilines is 1. The number of rotatable bonds is 5. The van der Waals surface area contributed by atoms with E-state index in [-0.39, 0.29) is 23.7 Å². The predicted molar refractivity (Wildman–Crippen MR) is 97.1 cm³/mol. The van der Waals surface area contributed by atoms with Crippen LogP contribution in [0.2, 0.25) is 0 Å². The van der Waals surface area contributed by atoms with E-state index < -0.39 is 0 Å². The van der Waals surface area contributed by atoms with Gasteiger partial charge in [0, 0.05) is 31.2 Å². The fourth-order valence-corrected chi connectivity index (χ4v) is 3.69. The van der Waals surface area contributed by atoms with Gasteiger partial charge in [0.05, 0.1) is 13.0 Å². The molecule has 1 aliphatic heterocycles. The Morgan fingerprint density at radius 3 is 2.72 bits per heavy atom. The van der Waals surface area contributed by atoms with Gasteiger partial charge in [0.15, 0.2) is 0 Å². The SMILES string of the molecule is COC(=O)C1CCCC(C(=O)NCc2cccc(N3CC=CC3)c2)C1. The van der Waals surface area contributed by atoms with E-state index >= 15 is 0 Å². The summed E-state index contributed by atoms with van der Waals surface area (Å²) in [5.41, 5.74) is 2.28. The van der Waals surface area contributed by atoms with Gasteiger partial charge in [-0.3, -0.25) is 9.59 Å². The van der Waals surface area contributed by atoms with Gasteiger partial charge in [-0.25, -0.2) is 0 Å². The van der Waals surface area contributed by atoms with Crippen LogP contribution < -0.4 is 10.2 Å². The molecule has 25 heavy (non-hydrogen) atoms. The van der Waals surface area contributed by atoms with E-state index in [0.717, 1.165) is 37.9 Å². The van der Waals surface area contributed by atoms with Crippen molar-refractivity contribution in [3.63, 3.8) is 0 Å². The fraction of sp³-hybridized carbons (Fsp3) is 0.500. The molecular weight excluding hydrogens is 316 g/mol. The van der Waals surface area contributed by atoms with Crippen molar-refractivity contribution < 1.29 is 14.3 Å². The van der Waals surface area contributed by atoms with Crippen LogP contribution in [0.3, 0.4) is 0 Å². The summed E-state index contributed by atoms with van der Waals surface area (Å²) in [5, 5.41) is 3.04. The summed E-state index contributed by atoms with van der Waals surface area (Å²) in [6.45, 7) is 2.40. The third-order valence-corrected chi connectivity index (χ3v) is 5.14. The van der Waals surface area contributed by atoms with Crippen molar-refractivity contribution >= 4 is 17.6 Å². The number of nitrogens with zero attached hydrogens (tertiary/aromatic N) is 1. The average Bonchev–Trinajstić information content (AvgIpc) is 3.20. The van der Waals surface area contributed by atoms with Crippen LogP contribution in [0.15, 0.2) is 36.4 Å². The monoisotopic (exact) mass is 342 g/mol. The number of carbonyl (C=O) groups excluding carboxylic acids is 2. The number of nitrogens with one attached hydrogen (secondary N) is 1. The van der Waals surface area contributed by atoms with Gasteiger partial charge in [0.25, 0.3) is 0 Å². The molecule has 1 aromatic carbocycles. The van der Waals surface area contributed by atoms with E-state index in [9.17, 15) is 9.59 Å². The largest absolute Gasteiger partial charge is 0.469 e. The minimum atomic E-state index is -0.190. The summed E-state index contributed by atoms with van der Waals surface area (Å²) in [5.74, 6) is -0.379. The van der Waals surface area contributed by atoms with Gasteiger partial charge >= 0.3 is 5.97 Å². The molecule has 1 heterocycles. The van der Waals surface area contributed by atoms with E-state index in [4.69, 9.17) is 4.74 Å². The minimum absolute atomic E-state index is 0.0434. The first kappa shape index (κ1) is 17.5. The first-order chi connectivity index (χ1) is 12.2. The highest BCUT2D eigenvalue weighted by Gasteiger charge is 2.31. The Bertz CT molecular complexity index is 648. The second kappa shape index (κ2) is 8.19. The molecule has 5 heteroatoms. The number of methoxy groups -OCH3 is 1. The summed E-state index contributed by atoms with van der Waals surface area (Å²) >= 11 is 0. The average molecular weight is 342 g/mol. The van der Waals surface area contributed by atoms with Crippen molar-refractivity contribution in [1.82, 2.24) is 5.32 Å². The molecule has 1 amide bonds. The molecule has 2 atom stereocenters. The van der Waals surface area contributed by atoms with Crippen molar-refractivity contribution in [2.45, 2.75) is 32.2 Å². The van der Waals surface area contributed by atoms with Gasteiger partial charge in [-0.2, -0.15) is 0 Å². The lowest BCUT2D eigenvalue weighted by Crippen LogP contribution is -2.35. The summed E-state index contributed by atoms with van der Waals surface area (Å²) in [7, 11) is 1.41. The van der Waals surface area contributed by atoms with Crippen LogP contribution in [0.25, 0.3) is 0 Å². The Morgan fingerprint density at radius 2 is 1.96 bits per heavy atom. The zero-order valence-corrected chi connectivity index (χ0v) is 14.7. The molecule has 2 aliphatic rings. The van der Waals surface area contributed by atoms with Gasteiger partial charge in [-0.05, 0) is 37.0 Å². The number of hydrogen-bond donors (Lipinski definition) is 1. The van der Waals surface area contributed by atoms with Crippen molar-refractivity contribution in [3.05, 3.63) is 42.0 Å². The molecule has 1 aromatic rings. The zero-order valence-electron chi connectivity index (χ0n) is 14.7. The van der Waals surface area contributed by atoms with E-state index in [1.807, 2.05) is 12.1 Å². The lowest BCUT2D eigenvalue weighted by Gasteiger charge is -2.26. The third-order valence-electron chi connectivity index (χ3n) is 5.14. The van der Waals surface area contributed by atoms with Gasteiger partial charge in [0.1, 0.15) is 0 Å². The maximum absolute atomic E-state index is 12.5. The molecule has 0 spiro atoms. The van der Waals surface area contributed by atoms with Crippen molar-refractivity contribution in [3.8, 4) is 0 Å². The van der Waals surface area contributed by atoms with Crippen LogP contribution in [0.5, 0.6) is 0 Å². The number of benzene rings is 1. The van der Waals surface area contributed by atoms with Crippen LogP contribution in [-0.2, 0) is 20.9 Å². The highest BCUT2D eigenvalue weighted by atomic mass is 16.5. The Balaban J connectivity index is 1.53. The van der Waals surface area contributed by atoms with Crippen LogP contribution in [-0.4, -0.2) is 32.1 Å². The normalized spacial score (nSPS) is 22.7. The summed E-state index contributed by atoms with van der Waals surface area (Å²) in [6, 6.07) is 8.29. The Kier molecular flexibility index (Phi) is 5.74. The summed E-state index contributed by atoms with van der Waals surface area (Å²) < 4.78 is 4.83. The molecule has 1 N–H and O–H groups in total. The van der Waals surface area contributed by atoms with Gasteiger partial charge in [0.2, 0.25) is 5.91 Å². The standard InChI is InChI=1S/C20H26N2O3/c1-25-20(24)17-8-5-7-16(13-17)19(23)21-14-15-6-4-9-18(12-15)22-10-2-3-11-22/h2-4,6,9,12,16-17H,5,7-8,10-11,13-14H2,1H3,(H,21,23). The Morgan fingerprint density at radius 1 is 1.20 bits per heavy atom. The van der Waals surface area contributed by atoms with E-state index in [1.165, 1.54) is 12.8 Å². The first-order valence-electron chi connectivity index (χ1n) is 9.02. The smallest absolute Gasteiger partial charge is 0.308 e. The molecule has 1 saturated carbocycles. The molecule has 1 aliphatic carbocycles. The van der Waals surface area contributed by atoms with Gasteiger partial charge in [-0.1, -0.05) is 30.7 Å².